The van der Waals surface area contributed by atoms with Crippen LogP contribution in [0.3, 0.4) is 0 Å². The van der Waals surface area contributed by atoms with Crippen molar-refractivity contribution < 1.29 is 13.9 Å². The molecule has 0 unspecified atom stereocenters. The van der Waals surface area contributed by atoms with E-state index in [4.69, 9.17) is 19.6 Å². The first kappa shape index (κ1) is 25.1. The average molecular weight is 507 g/mol. The molecule has 2 N–H and O–H groups in total. The van der Waals surface area contributed by atoms with E-state index in [0.29, 0.717) is 35.6 Å². The van der Waals surface area contributed by atoms with Gasteiger partial charge in [0.15, 0.2) is 5.76 Å². The fraction of sp³-hybridized carbons (Fsp3) is 0.156. The zero-order valence-corrected chi connectivity index (χ0v) is 21.5. The molecule has 5 aromatic rings. The van der Waals surface area contributed by atoms with Crippen LogP contribution >= 0.6 is 0 Å². The molecule has 0 amide bonds. The molecule has 0 spiro atoms. The smallest absolute Gasteiger partial charge is 0.235 e. The van der Waals surface area contributed by atoms with Gasteiger partial charge in [-0.1, -0.05) is 54.6 Å². The van der Waals surface area contributed by atoms with E-state index in [1.54, 1.807) is 6.08 Å². The minimum Gasteiger partial charge on any atom is -0.492 e. The minimum atomic E-state index is -0.213. The van der Waals surface area contributed by atoms with Crippen LogP contribution in [0.1, 0.15) is 16.9 Å². The Labute approximate surface area is 221 Å². The predicted octanol–water partition coefficient (Wildman–Crippen LogP) is 6.10. The van der Waals surface area contributed by atoms with E-state index < -0.39 is 0 Å². The molecular formula is C32H30N2O4. The van der Waals surface area contributed by atoms with Crippen LogP contribution in [0.4, 0.5) is 5.69 Å². The maximum absolute atomic E-state index is 13.7. The fourth-order valence-electron chi connectivity index (χ4n) is 4.21. The van der Waals surface area contributed by atoms with Crippen molar-refractivity contribution in [1.29, 1.82) is 0 Å². The maximum atomic E-state index is 13.7. The number of nitrogens with two attached hydrogens (primary N) is 1. The van der Waals surface area contributed by atoms with Gasteiger partial charge in [-0.25, -0.2) is 0 Å². The second kappa shape index (κ2) is 11.2. The van der Waals surface area contributed by atoms with Crippen molar-refractivity contribution in [3.8, 4) is 11.5 Å². The van der Waals surface area contributed by atoms with Crippen LogP contribution in [0, 0.1) is 0 Å². The molecule has 0 saturated carbocycles. The van der Waals surface area contributed by atoms with Crippen LogP contribution in [0.2, 0.25) is 0 Å². The van der Waals surface area contributed by atoms with Crippen LogP contribution in [0.25, 0.3) is 33.9 Å². The van der Waals surface area contributed by atoms with Crippen molar-refractivity contribution in [3.05, 3.63) is 112 Å². The summed E-state index contributed by atoms with van der Waals surface area (Å²) >= 11 is 0. The lowest BCUT2D eigenvalue weighted by Gasteiger charge is -2.12. The van der Waals surface area contributed by atoms with Crippen LogP contribution in [0.5, 0.6) is 11.5 Å². The third-order valence-corrected chi connectivity index (χ3v) is 6.25. The normalized spacial score (nSPS) is 11.3. The summed E-state index contributed by atoms with van der Waals surface area (Å²) in [5.74, 6) is 1.27. The van der Waals surface area contributed by atoms with Gasteiger partial charge in [-0.05, 0) is 64.4 Å². The summed E-state index contributed by atoms with van der Waals surface area (Å²) in [6.07, 6.45) is 3.70. The lowest BCUT2D eigenvalue weighted by atomic mass is 10.1. The lowest BCUT2D eigenvalue weighted by Crippen LogP contribution is -2.11. The van der Waals surface area contributed by atoms with Crippen LogP contribution in [-0.4, -0.2) is 27.2 Å². The van der Waals surface area contributed by atoms with Crippen LogP contribution < -0.4 is 25.5 Å². The van der Waals surface area contributed by atoms with E-state index in [0.717, 1.165) is 27.6 Å². The Bertz CT molecular complexity index is 1640. The number of hydrogen-bond donors (Lipinski definition) is 1. The van der Waals surface area contributed by atoms with Crippen molar-refractivity contribution in [1.82, 2.24) is 0 Å². The summed E-state index contributed by atoms with van der Waals surface area (Å²) in [6.45, 7) is 1.12. The molecule has 1 heterocycles. The molecule has 0 radical (unpaired) electrons. The highest BCUT2D eigenvalue weighted by Crippen LogP contribution is 2.29. The molecule has 0 aliphatic heterocycles. The molecule has 0 saturated heterocycles. The van der Waals surface area contributed by atoms with Gasteiger partial charge in [-0.15, -0.1) is 0 Å². The second-order valence-electron chi connectivity index (χ2n) is 9.21. The van der Waals surface area contributed by atoms with E-state index in [2.05, 4.69) is 0 Å². The average Bonchev–Trinajstić information content (AvgIpc) is 2.94. The second-order valence-corrected chi connectivity index (χ2v) is 9.21. The molecule has 38 heavy (non-hydrogen) atoms. The molecule has 6 heteroatoms. The van der Waals surface area contributed by atoms with Crippen LogP contribution in [-0.2, 0) is 6.61 Å². The number of fused-ring (bicyclic) bond motifs is 2. The number of rotatable bonds is 9. The largest absolute Gasteiger partial charge is 0.492 e. The first-order valence-electron chi connectivity index (χ1n) is 12.5. The summed E-state index contributed by atoms with van der Waals surface area (Å²) in [7, 11) is 4.00. The van der Waals surface area contributed by atoms with Gasteiger partial charge >= 0.3 is 0 Å². The van der Waals surface area contributed by atoms with E-state index in [9.17, 15) is 4.79 Å². The van der Waals surface area contributed by atoms with E-state index in [1.165, 1.54) is 0 Å². The van der Waals surface area contributed by atoms with Gasteiger partial charge in [-0.3, -0.25) is 4.79 Å². The van der Waals surface area contributed by atoms with Crippen LogP contribution in [0.15, 0.2) is 94.1 Å². The molecule has 5 rings (SSSR count). The molecule has 0 atom stereocenters. The topological polar surface area (TPSA) is 77.9 Å². The summed E-state index contributed by atoms with van der Waals surface area (Å²) in [5.41, 5.74) is 8.88. The third-order valence-electron chi connectivity index (χ3n) is 6.25. The molecule has 0 aliphatic carbocycles. The SMILES string of the molecule is CN(C)c1ccc(/C=C/c2oc3cc4cc(OCCN)ccc4cc3c(=O)c2OCc2ccccc2)cc1. The predicted molar refractivity (Wildman–Crippen MR) is 155 cm³/mol. The zero-order valence-electron chi connectivity index (χ0n) is 21.5. The number of anilines is 1. The van der Waals surface area contributed by atoms with Gasteiger partial charge in [0, 0.05) is 26.3 Å². The fourth-order valence-corrected chi connectivity index (χ4v) is 4.21. The van der Waals surface area contributed by atoms with Gasteiger partial charge in [0.2, 0.25) is 11.2 Å². The maximum Gasteiger partial charge on any atom is 0.235 e. The van der Waals surface area contributed by atoms with Crippen molar-refractivity contribution >= 4 is 39.6 Å². The van der Waals surface area contributed by atoms with Gasteiger partial charge in [0.1, 0.15) is 24.5 Å². The Morgan fingerprint density at radius 1 is 0.868 bits per heavy atom. The summed E-state index contributed by atoms with van der Waals surface area (Å²) in [6, 6.07) is 27.3. The lowest BCUT2D eigenvalue weighted by molar-refractivity contribution is 0.293. The van der Waals surface area contributed by atoms with E-state index in [-0.39, 0.29) is 17.8 Å². The number of hydrogen-bond acceptors (Lipinski definition) is 6. The molecule has 192 valence electrons. The first-order chi connectivity index (χ1) is 18.5. The number of nitrogens with zero attached hydrogens (tertiary/aromatic N) is 1. The number of ether oxygens (including phenoxy) is 2. The highest BCUT2D eigenvalue weighted by atomic mass is 16.5. The van der Waals surface area contributed by atoms with Crippen molar-refractivity contribution in [2.45, 2.75) is 6.61 Å². The quantitative estimate of drug-likeness (QED) is 0.244. The number of benzene rings is 4. The summed E-state index contributed by atoms with van der Waals surface area (Å²) in [5, 5.41) is 2.27. The van der Waals surface area contributed by atoms with E-state index >= 15 is 0 Å². The molecule has 4 aromatic carbocycles. The van der Waals surface area contributed by atoms with Gasteiger partial charge in [-0.2, -0.15) is 0 Å². The Morgan fingerprint density at radius 2 is 1.66 bits per heavy atom. The third kappa shape index (κ3) is 5.56. The molecule has 0 fully saturated rings. The minimum absolute atomic E-state index is 0.185. The Hall–Kier alpha value is -4.55. The molecule has 6 nitrogen and oxygen atoms in total. The molecule has 0 bridgehead atoms. The van der Waals surface area contributed by atoms with Gasteiger partial charge < -0.3 is 24.5 Å². The Morgan fingerprint density at radius 3 is 2.39 bits per heavy atom. The van der Waals surface area contributed by atoms with Crippen molar-refractivity contribution in [2.75, 3.05) is 32.1 Å². The standard InChI is InChI=1S/C32H30N2O4/c1-34(2)26-12-8-22(9-13-26)10-15-29-32(37-21-23-6-4-3-5-7-23)31(35)28-19-24-11-14-27(36-17-16-33)18-25(24)20-30(28)38-29/h3-15,18-20H,16-17,21,33H2,1-2H3/b15-10+. The highest BCUT2D eigenvalue weighted by molar-refractivity contribution is 5.97. The Kier molecular flexibility index (Phi) is 7.43. The van der Waals surface area contributed by atoms with Crippen molar-refractivity contribution in [3.63, 3.8) is 0 Å². The molecular weight excluding hydrogens is 476 g/mol. The highest BCUT2D eigenvalue weighted by Gasteiger charge is 2.16. The molecule has 0 aliphatic rings. The summed E-state index contributed by atoms with van der Waals surface area (Å²) < 4.78 is 18.0. The van der Waals surface area contributed by atoms with Crippen molar-refractivity contribution in [2.24, 2.45) is 5.73 Å². The molecule has 1 aromatic heterocycles. The van der Waals surface area contributed by atoms with Gasteiger partial charge in [0.05, 0.1) is 5.39 Å². The summed E-state index contributed by atoms with van der Waals surface area (Å²) in [4.78, 5) is 15.7. The van der Waals surface area contributed by atoms with Gasteiger partial charge in [0.25, 0.3) is 0 Å². The van der Waals surface area contributed by atoms with E-state index in [1.807, 2.05) is 110 Å². The monoisotopic (exact) mass is 506 g/mol. The Balaban J connectivity index is 1.58. The first-order valence-corrected chi connectivity index (χ1v) is 12.5. The zero-order chi connectivity index (χ0) is 26.5.